The van der Waals surface area contributed by atoms with Crippen LogP contribution in [-0.2, 0) is 0 Å². The molecule has 0 saturated carbocycles. The SMILES string of the molecule is [2H]C[C@H]1C=CC[C@@](O)(CCCCCCC)C1. The maximum absolute atomic E-state index is 10.4. The molecule has 2 atom stereocenters. The summed E-state index contributed by atoms with van der Waals surface area (Å²) in [5.74, 6) is 0.273. The van der Waals surface area contributed by atoms with Crippen molar-refractivity contribution in [2.24, 2.45) is 5.92 Å². The fourth-order valence-corrected chi connectivity index (χ4v) is 2.38. The topological polar surface area (TPSA) is 20.2 Å². The third-order valence-corrected chi connectivity index (χ3v) is 3.29. The lowest BCUT2D eigenvalue weighted by Crippen LogP contribution is -2.32. The second-order valence-electron chi connectivity index (χ2n) is 4.99. The molecule has 0 aromatic heterocycles. The van der Waals surface area contributed by atoms with Crippen LogP contribution in [0.15, 0.2) is 12.2 Å². The van der Waals surface area contributed by atoms with Crippen LogP contribution in [0.5, 0.6) is 0 Å². The quantitative estimate of drug-likeness (QED) is 0.519. The van der Waals surface area contributed by atoms with Gasteiger partial charge in [-0.1, -0.05) is 58.1 Å². The molecule has 0 radical (unpaired) electrons. The fourth-order valence-electron chi connectivity index (χ4n) is 2.38. The van der Waals surface area contributed by atoms with Gasteiger partial charge in [-0.15, -0.1) is 0 Å². The van der Waals surface area contributed by atoms with Gasteiger partial charge in [0.2, 0.25) is 0 Å². The normalized spacial score (nSPS) is 31.6. The van der Waals surface area contributed by atoms with E-state index in [2.05, 4.69) is 19.1 Å². The molecule has 0 aromatic carbocycles. The monoisotopic (exact) mass is 211 g/mol. The van der Waals surface area contributed by atoms with E-state index in [0.29, 0.717) is 6.90 Å². The molecule has 1 aliphatic carbocycles. The summed E-state index contributed by atoms with van der Waals surface area (Å²) in [6.45, 7) is 2.63. The fraction of sp³-hybridized carbons (Fsp3) is 0.857. The third-order valence-electron chi connectivity index (χ3n) is 3.29. The van der Waals surface area contributed by atoms with Gasteiger partial charge in [0.1, 0.15) is 0 Å². The lowest BCUT2D eigenvalue weighted by molar-refractivity contribution is 0.00973. The van der Waals surface area contributed by atoms with Crippen LogP contribution in [0, 0.1) is 5.92 Å². The summed E-state index contributed by atoms with van der Waals surface area (Å²) in [6, 6.07) is 0. The van der Waals surface area contributed by atoms with Crippen LogP contribution < -0.4 is 0 Å². The van der Waals surface area contributed by atoms with Gasteiger partial charge in [-0.3, -0.25) is 0 Å². The van der Waals surface area contributed by atoms with Gasteiger partial charge in [0.05, 0.1) is 5.60 Å². The van der Waals surface area contributed by atoms with Crippen molar-refractivity contribution in [1.82, 2.24) is 0 Å². The van der Waals surface area contributed by atoms with Crippen LogP contribution in [-0.4, -0.2) is 10.7 Å². The molecular weight excluding hydrogens is 184 g/mol. The molecule has 1 rings (SSSR count). The Balaban J connectivity index is 2.21. The van der Waals surface area contributed by atoms with E-state index in [0.717, 1.165) is 25.7 Å². The lowest BCUT2D eigenvalue weighted by atomic mass is 9.80. The standard InChI is InChI=1S/C14H26O/c1-3-4-5-6-7-10-14(15)11-8-9-13(2)12-14/h8-9,13,15H,3-7,10-12H2,1-2H3/t13-,14-/m0/s1/i2D. The Morgan fingerprint density at radius 1 is 1.40 bits per heavy atom. The average Bonchev–Trinajstić information content (AvgIpc) is 2.29. The molecule has 0 heterocycles. The summed E-state index contributed by atoms with van der Waals surface area (Å²) in [4.78, 5) is 0. The van der Waals surface area contributed by atoms with Crippen LogP contribution in [0.2, 0.25) is 0 Å². The van der Waals surface area contributed by atoms with Crippen LogP contribution in [0.4, 0.5) is 0 Å². The number of aliphatic hydroxyl groups is 1. The van der Waals surface area contributed by atoms with Crippen LogP contribution in [0.3, 0.4) is 0 Å². The highest BCUT2D eigenvalue weighted by molar-refractivity contribution is 5.01. The summed E-state index contributed by atoms with van der Waals surface area (Å²) >= 11 is 0. The van der Waals surface area contributed by atoms with Gasteiger partial charge < -0.3 is 5.11 Å². The van der Waals surface area contributed by atoms with E-state index in [1.807, 2.05) is 0 Å². The smallest absolute Gasteiger partial charge is 0.0687 e. The Hall–Kier alpha value is -0.300. The van der Waals surface area contributed by atoms with Gasteiger partial charge in [-0.25, -0.2) is 0 Å². The van der Waals surface area contributed by atoms with Gasteiger partial charge in [0, 0.05) is 1.37 Å². The number of hydrogen-bond donors (Lipinski definition) is 1. The Kier molecular flexibility index (Phi) is 4.72. The number of unbranched alkanes of at least 4 members (excludes halogenated alkanes) is 4. The molecule has 1 aliphatic rings. The molecule has 1 heteroatoms. The van der Waals surface area contributed by atoms with E-state index in [1.54, 1.807) is 0 Å². The molecular formula is C14H26O. The second-order valence-corrected chi connectivity index (χ2v) is 4.99. The van der Waals surface area contributed by atoms with E-state index >= 15 is 0 Å². The zero-order valence-corrected chi connectivity index (χ0v) is 10.0. The predicted molar refractivity (Wildman–Crippen MR) is 65.9 cm³/mol. The highest BCUT2D eigenvalue weighted by atomic mass is 16.3. The molecule has 0 amide bonds. The summed E-state index contributed by atoms with van der Waals surface area (Å²) in [5, 5.41) is 10.4. The van der Waals surface area contributed by atoms with Gasteiger partial charge in [-0.05, 0) is 25.2 Å². The van der Waals surface area contributed by atoms with Crippen molar-refractivity contribution >= 4 is 0 Å². The highest BCUT2D eigenvalue weighted by Gasteiger charge is 2.28. The zero-order chi connectivity index (χ0) is 11.9. The first-order valence-electron chi connectivity index (χ1n) is 7.09. The van der Waals surface area contributed by atoms with Crippen molar-refractivity contribution in [3.8, 4) is 0 Å². The highest BCUT2D eigenvalue weighted by Crippen LogP contribution is 2.31. The number of rotatable bonds is 6. The Bertz CT molecular complexity index is 215. The Morgan fingerprint density at radius 2 is 2.20 bits per heavy atom. The maximum atomic E-state index is 10.4. The van der Waals surface area contributed by atoms with Gasteiger partial charge in [0.25, 0.3) is 0 Å². The molecule has 0 bridgehead atoms. The Labute approximate surface area is 96.0 Å². The molecule has 0 aliphatic heterocycles. The van der Waals surface area contributed by atoms with E-state index in [-0.39, 0.29) is 5.92 Å². The van der Waals surface area contributed by atoms with Crippen molar-refractivity contribution in [1.29, 1.82) is 0 Å². The lowest BCUT2D eigenvalue weighted by Gasteiger charge is -2.32. The molecule has 1 nitrogen and oxygen atoms in total. The number of allylic oxidation sites excluding steroid dienone is 1. The van der Waals surface area contributed by atoms with Crippen molar-refractivity contribution in [3.05, 3.63) is 12.2 Å². The maximum Gasteiger partial charge on any atom is 0.0687 e. The summed E-state index contributed by atoms with van der Waals surface area (Å²) in [7, 11) is 0. The van der Waals surface area contributed by atoms with Crippen LogP contribution >= 0.6 is 0 Å². The van der Waals surface area contributed by atoms with Crippen molar-refractivity contribution in [2.75, 3.05) is 0 Å². The Morgan fingerprint density at radius 3 is 2.93 bits per heavy atom. The van der Waals surface area contributed by atoms with Crippen molar-refractivity contribution in [2.45, 2.75) is 70.8 Å². The zero-order valence-electron chi connectivity index (χ0n) is 11.0. The van der Waals surface area contributed by atoms with Gasteiger partial charge in [-0.2, -0.15) is 0 Å². The van der Waals surface area contributed by atoms with E-state index in [1.165, 1.54) is 25.7 Å². The molecule has 88 valence electrons. The van der Waals surface area contributed by atoms with Crippen LogP contribution in [0.25, 0.3) is 0 Å². The largest absolute Gasteiger partial charge is 0.390 e. The van der Waals surface area contributed by atoms with E-state index < -0.39 is 5.60 Å². The first-order valence-corrected chi connectivity index (χ1v) is 6.38. The molecule has 0 unspecified atom stereocenters. The molecule has 0 saturated heterocycles. The summed E-state index contributed by atoms with van der Waals surface area (Å²) in [5.41, 5.74) is -0.507. The summed E-state index contributed by atoms with van der Waals surface area (Å²) in [6.07, 6.45) is 12.9. The van der Waals surface area contributed by atoms with Crippen LogP contribution in [0.1, 0.15) is 66.6 Å². The van der Waals surface area contributed by atoms with Gasteiger partial charge in [0.15, 0.2) is 0 Å². The minimum Gasteiger partial charge on any atom is -0.390 e. The molecule has 15 heavy (non-hydrogen) atoms. The second kappa shape index (κ2) is 6.32. The van der Waals surface area contributed by atoms with E-state index in [9.17, 15) is 5.11 Å². The van der Waals surface area contributed by atoms with Crippen molar-refractivity contribution in [3.63, 3.8) is 0 Å². The minimum absolute atomic E-state index is 0.273. The van der Waals surface area contributed by atoms with Gasteiger partial charge >= 0.3 is 0 Å². The number of hydrogen-bond acceptors (Lipinski definition) is 1. The molecule has 1 N–H and O–H groups in total. The first kappa shape index (κ1) is 11.2. The molecule has 0 aromatic rings. The minimum atomic E-state index is -0.507. The molecule has 0 spiro atoms. The van der Waals surface area contributed by atoms with Crippen molar-refractivity contribution < 1.29 is 6.48 Å². The third kappa shape index (κ3) is 4.83. The van der Waals surface area contributed by atoms with E-state index in [4.69, 9.17) is 1.37 Å². The molecule has 0 fully saturated rings. The predicted octanol–water partition coefficient (Wildman–Crippen LogP) is 4.06. The summed E-state index contributed by atoms with van der Waals surface area (Å²) < 4.78 is 7.38. The average molecular weight is 211 g/mol. The first-order chi connectivity index (χ1) is 7.70.